The average Bonchev–Trinajstić information content (AvgIpc) is 3.03. The van der Waals surface area contributed by atoms with Crippen LogP contribution in [-0.4, -0.2) is 16.5 Å². The molecule has 4 nitrogen and oxygen atoms in total. The third-order valence-electron chi connectivity index (χ3n) is 2.16. The summed E-state index contributed by atoms with van der Waals surface area (Å²) in [5, 5.41) is 9.08. The van der Waals surface area contributed by atoms with Crippen LogP contribution in [-0.2, 0) is 0 Å². The molecule has 1 aromatic rings. The summed E-state index contributed by atoms with van der Waals surface area (Å²) < 4.78 is 0.796. The van der Waals surface area contributed by atoms with Gasteiger partial charge in [-0.25, -0.2) is 9.98 Å². The molecule has 0 spiro atoms. The number of hydroxylamine groups is 1. The van der Waals surface area contributed by atoms with Gasteiger partial charge in [0.15, 0.2) is 5.82 Å². The molecule has 15 heavy (non-hydrogen) atoms. The molecule has 0 radical (unpaired) electrons. The number of aliphatic imine (C=N–C) groups is 1. The van der Waals surface area contributed by atoms with Gasteiger partial charge in [-0.2, -0.15) is 0 Å². The highest BCUT2D eigenvalue weighted by atomic mass is 127. The third-order valence-corrected chi connectivity index (χ3v) is 3.84. The van der Waals surface area contributed by atoms with Crippen LogP contribution in [0.5, 0.6) is 0 Å². The molecule has 1 fully saturated rings. The molecule has 80 valence electrons. The first-order valence-electron chi connectivity index (χ1n) is 4.50. The Labute approximate surface area is 106 Å². The summed E-state index contributed by atoms with van der Waals surface area (Å²) in [6.07, 6.45) is 3.52. The van der Waals surface area contributed by atoms with Crippen molar-refractivity contribution >= 4 is 46.3 Å². The monoisotopic (exact) mass is 337 g/mol. The van der Waals surface area contributed by atoms with E-state index in [0.29, 0.717) is 16.8 Å². The molecule has 0 atom stereocenters. The highest BCUT2D eigenvalue weighted by Crippen LogP contribution is 2.41. The van der Waals surface area contributed by atoms with Gasteiger partial charge in [0.05, 0.1) is 8.59 Å². The van der Waals surface area contributed by atoms with Crippen LogP contribution in [0.25, 0.3) is 0 Å². The maximum Gasteiger partial charge on any atom is 0.168 e. The SMILES string of the molecule is ON/C=N/c1nc(C2CC2)cc(Cl)c1I. The molecule has 0 aliphatic heterocycles. The van der Waals surface area contributed by atoms with Gasteiger partial charge in [0.2, 0.25) is 0 Å². The Hall–Kier alpha value is -0.400. The van der Waals surface area contributed by atoms with E-state index in [4.69, 9.17) is 16.8 Å². The number of pyridine rings is 1. The zero-order valence-electron chi connectivity index (χ0n) is 7.74. The lowest BCUT2D eigenvalue weighted by Crippen LogP contribution is -2.02. The minimum atomic E-state index is 0.538. The van der Waals surface area contributed by atoms with Gasteiger partial charge >= 0.3 is 0 Å². The molecule has 2 N–H and O–H groups in total. The fourth-order valence-electron chi connectivity index (χ4n) is 1.27. The van der Waals surface area contributed by atoms with Crippen molar-refractivity contribution in [2.24, 2.45) is 4.99 Å². The minimum absolute atomic E-state index is 0.538. The van der Waals surface area contributed by atoms with Crippen LogP contribution in [0.1, 0.15) is 24.5 Å². The molecule has 0 bridgehead atoms. The minimum Gasteiger partial charge on any atom is -0.290 e. The van der Waals surface area contributed by atoms with Crippen LogP contribution in [0.15, 0.2) is 11.1 Å². The van der Waals surface area contributed by atoms with E-state index < -0.39 is 0 Å². The van der Waals surface area contributed by atoms with E-state index in [9.17, 15) is 0 Å². The first-order chi connectivity index (χ1) is 7.22. The van der Waals surface area contributed by atoms with Crippen LogP contribution in [0.2, 0.25) is 5.02 Å². The number of nitrogens with one attached hydrogen (secondary N) is 1. The predicted molar refractivity (Wildman–Crippen MR) is 67.0 cm³/mol. The van der Waals surface area contributed by atoms with Gasteiger partial charge in [0.1, 0.15) is 6.34 Å². The van der Waals surface area contributed by atoms with E-state index in [1.54, 1.807) is 0 Å². The van der Waals surface area contributed by atoms with Crippen LogP contribution >= 0.6 is 34.2 Å². The second-order valence-corrected chi connectivity index (χ2v) is 4.81. The summed E-state index contributed by atoms with van der Waals surface area (Å²) in [4.78, 5) is 8.36. The second kappa shape index (κ2) is 4.63. The molecule has 1 heterocycles. The Kier molecular flexibility index (Phi) is 3.42. The predicted octanol–water partition coefficient (Wildman–Crippen LogP) is 2.86. The summed E-state index contributed by atoms with van der Waals surface area (Å²) in [6.45, 7) is 0. The molecule has 6 heteroatoms. The van der Waals surface area contributed by atoms with Crippen LogP contribution in [0.4, 0.5) is 5.82 Å². The van der Waals surface area contributed by atoms with E-state index in [0.717, 1.165) is 9.26 Å². The van der Waals surface area contributed by atoms with Crippen molar-refractivity contribution in [1.82, 2.24) is 10.5 Å². The van der Waals surface area contributed by atoms with Crippen LogP contribution in [0.3, 0.4) is 0 Å². The van der Waals surface area contributed by atoms with Crippen molar-refractivity contribution in [1.29, 1.82) is 0 Å². The number of hydrogen-bond donors (Lipinski definition) is 2. The summed E-state index contributed by atoms with van der Waals surface area (Å²) in [6, 6.07) is 1.90. The van der Waals surface area contributed by atoms with E-state index >= 15 is 0 Å². The van der Waals surface area contributed by atoms with Gasteiger partial charge in [-0.15, -0.1) is 0 Å². The fourth-order valence-corrected chi connectivity index (χ4v) is 1.88. The van der Waals surface area contributed by atoms with E-state index in [1.165, 1.54) is 19.2 Å². The Morgan fingerprint density at radius 1 is 1.67 bits per heavy atom. The molecule has 1 aromatic heterocycles. The smallest absolute Gasteiger partial charge is 0.168 e. The van der Waals surface area contributed by atoms with Crippen molar-refractivity contribution in [3.63, 3.8) is 0 Å². The van der Waals surface area contributed by atoms with E-state index in [1.807, 2.05) is 11.5 Å². The van der Waals surface area contributed by atoms with Crippen LogP contribution < -0.4 is 5.48 Å². The van der Waals surface area contributed by atoms with Crippen molar-refractivity contribution < 1.29 is 5.21 Å². The van der Waals surface area contributed by atoms with Gasteiger partial charge in [0.25, 0.3) is 0 Å². The first kappa shape index (κ1) is 11.1. The van der Waals surface area contributed by atoms with E-state index in [-0.39, 0.29) is 0 Å². The number of hydrogen-bond acceptors (Lipinski definition) is 3. The number of aromatic nitrogens is 1. The third kappa shape index (κ3) is 2.59. The Morgan fingerprint density at radius 2 is 2.40 bits per heavy atom. The molecular formula is C9H9ClIN3O. The highest BCUT2D eigenvalue weighted by Gasteiger charge is 2.26. The Bertz CT molecular complexity index is 407. The van der Waals surface area contributed by atoms with Crippen molar-refractivity contribution in [2.75, 3.05) is 0 Å². The topological polar surface area (TPSA) is 57.5 Å². The normalized spacial score (nSPS) is 15.9. The maximum atomic E-state index is 8.42. The van der Waals surface area contributed by atoms with Crippen molar-refractivity contribution in [3.8, 4) is 0 Å². The fraction of sp³-hybridized carbons (Fsp3) is 0.333. The number of halogens is 2. The molecule has 2 rings (SSSR count). The molecule has 0 amide bonds. The Balaban J connectivity index is 2.37. The standard InChI is InChI=1S/C9H9ClIN3O/c10-6-3-7(5-1-2-5)14-9(8(6)11)12-4-13-15/h3-5,15H,1-2H2,(H,12,13,14). The number of nitrogens with zero attached hydrogens (tertiary/aromatic N) is 2. The Morgan fingerprint density at radius 3 is 3.00 bits per heavy atom. The molecule has 0 aromatic carbocycles. The summed E-state index contributed by atoms with van der Waals surface area (Å²) in [5.74, 6) is 1.09. The van der Waals surface area contributed by atoms with Gasteiger partial charge < -0.3 is 0 Å². The highest BCUT2D eigenvalue weighted by molar-refractivity contribution is 14.1. The van der Waals surface area contributed by atoms with Gasteiger partial charge in [-0.1, -0.05) is 11.6 Å². The van der Waals surface area contributed by atoms with Crippen LogP contribution in [0, 0.1) is 3.57 Å². The molecule has 1 saturated carbocycles. The first-order valence-corrected chi connectivity index (χ1v) is 5.96. The lowest BCUT2D eigenvalue weighted by molar-refractivity contribution is 0.240. The molecule has 1 aliphatic carbocycles. The summed E-state index contributed by atoms with van der Waals surface area (Å²) in [5.41, 5.74) is 2.84. The lowest BCUT2D eigenvalue weighted by atomic mass is 10.2. The summed E-state index contributed by atoms with van der Waals surface area (Å²) in [7, 11) is 0. The summed E-state index contributed by atoms with van der Waals surface area (Å²) >= 11 is 8.15. The second-order valence-electron chi connectivity index (χ2n) is 3.33. The molecular weight excluding hydrogens is 328 g/mol. The zero-order valence-corrected chi connectivity index (χ0v) is 10.7. The van der Waals surface area contributed by atoms with E-state index in [2.05, 4.69) is 32.6 Å². The zero-order chi connectivity index (χ0) is 10.8. The van der Waals surface area contributed by atoms with Gasteiger partial charge in [-0.05, 0) is 41.5 Å². The van der Waals surface area contributed by atoms with Crippen molar-refractivity contribution in [3.05, 3.63) is 20.4 Å². The largest absolute Gasteiger partial charge is 0.290 e. The lowest BCUT2D eigenvalue weighted by Gasteiger charge is -2.04. The molecule has 0 unspecified atom stereocenters. The van der Waals surface area contributed by atoms with Gasteiger partial charge in [0, 0.05) is 11.6 Å². The maximum absolute atomic E-state index is 8.42. The van der Waals surface area contributed by atoms with Crippen molar-refractivity contribution in [2.45, 2.75) is 18.8 Å². The molecule has 1 aliphatic rings. The quantitative estimate of drug-likeness (QED) is 0.386. The number of rotatable bonds is 3. The average molecular weight is 338 g/mol. The molecule has 0 saturated heterocycles. The van der Waals surface area contributed by atoms with Gasteiger partial charge in [-0.3, -0.25) is 10.7 Å².